The van der Waals surface area contributed by atoms with Crippen molar-refractivity contribution in [2.45, 2.75) is 33.7 Å². The van der Waals surface area contributed by atoms with Crippen molar-refractivity contribution in [1.82, 2.24) is 14.9 Å². The summed E-state index contributed by atoms with van der Waals surface area (Å²) in [6.45, 7) is 7.88. The molecular formula is C26H28N4S. The molecule has 0 aliphatic heterocycles. The van der Waals surface area contributed by atoms with Crippen LogP contribution in [-0.2, 0) is 13.0 Å². The predicted molar refractivity (Wildman–Crippen MR) is 134 cm³/mol. The minimum absolute atomic E-state index is 0.714. The number of rotatable bonds is 6. The Hall–Kier alpha value is -3.18. The fraction of sp³-hybridized carbons (Fsp3) is 0.231. The van der Waals surface area contributed by atoms with E-state index in [1.807, 2.05) is 12.3 Å². The minimum atomic E-state index is 0.714. The van der Waals surface area contributed by atoms with Crippen molar-refractivity contribution in [3.63, 3.8) is 0 Å². The number of hydrogen-bond acceptors (Lipinski definition) is 2. The van der Waals surface area contributed by atoms with Gasteiger partial charge in [0, 0.05) is 47.8 Å². The van der Waals surface area contributed by atoms with E-state index in [2.05, 4.69) is 89.5 Å². The number of para-hydroxylation sites is 1. The summed E-state index contributed by atoms with van der Waals surface area (Å²) in [7, 11) is 0. The van der Waals surface area contributed by atoms with Gasteiger partial charge in [-0.25, -0.2) is 0 Å². The number of hydrogen-bond donors (Lipinski definition) is 2. The molecule has 0 unspecified atom stereocenters. The zero-order valence-electron chi connectivity index (χ0n) is 18.3. The van der Waals surface area contributed by atoms with E-state index < -0.39 is 0 Å². The first-order chi connectivity index (χ1) is 15.0. The maximum Gasteiger partial charge on any atom is 0.173 e. The smallest absolute Gasteiger partial charge is 0.173 e. The van der Waals surface area contributed by atoms with Crippen LogP contribution >= 0.6 is 12.2 Å². The van der Waals surface area contributed by atoms with Crippen LogP contribution in [0.2, 0.25) is 0 Å². The van der Waals surface area contributed by atoms with Gasteiger partial charge >= 0.3 is 0 Å². The van der Waals surface area contributed by atoms with Crippen molar-refractivity contribution < 1.29 is 0 Å². The van der Waals surface area contributed by atoms with Gasteiger partial charge in [-0.1, -0.05) is 30.3 Å². The minimum Gasteiger partial charge on any atom is -0.358 e. The van der Waals surface area contributed by atoms with Crippen molar-refractivity contribution >= 4 is 33.9 Å². The molecule has 2 heterocycles. The summed E-state index contributed by atoms with van der Waals surface area (Å²) < 4.78 is 0. The molecule has 2 aromatic carbocycles. The lowest BCUT2D eigenvalue weighted by Crippen LogP contribution is -2.36. The van der Waals surface area contributed by atoms with Gasteiger partial charge in [-0.2, -0.15) is 0 Å². The molecule has 2 aromatic heterocycles. The number of anilines is 1. The lowest BCUT2D eigenvalue weighted by molar-refractivity contribution is 0.422. The number of aryl methyl sites for hydroxylation is 3. The molecule has 0 atom stereocenters. The number of aromatic nitrogens is 2. The molecule has 5 heteroatoms. The third-order valence-electron chi connectivity index (χ3n) is 5.52. The average Bonchev–Trinajstić information content (AvgIpc) is 3.06. The third kappa shape index (κ3) is 5.12. The standard InChI is InChI=1S/C26H28N4S/c1-18-13-19(2)15-22(14-18)29-26(31)30(17-21-7-6-11-27-16-21)12-10-23-20(3)28-25-9-5-4-8-24(23)25/h4-9,11,13-16,28H,10,12,17H2,1-3H3,(H,29,31). The molecule has 0 fully saturated rings. The monoisotopic (exact) mass is 428 g/mol. The summed E-state index contributed by atoms with van der Waals surface area (Å²) >= 11 is 5.85. The Morgan fingerprint density at radius 3 is 2.55 bits per heavy atom. The van der Waals surface area contributed by atoms with Crippen LogP contribution < -0.4 is 5.32 Å². The normalized spacial score (nSPS) is 10.9. The Balaban J connectivity index is 1.56. The third-order valence-corrected chi connectivity index (χ3v) is 5.88. The van der Waals surface area contributed by atoms with Crippen molar-refractivity contribution in [2.24, 2.45) is 0 Å². The molecule has 158 valence electrons. The van der Waals surface area contributed by atoms with Gasteiger partial charge < -0.3 is 15.2 Å². The molecule has 0 saturated heterocycles. The van der Waals surface area contributed by atoms with Crippen LogP contribution in [0, 0.1) is 20.8 Å². The van der Waals surface area contributed by atoms with Crippen LogP contribution in [0.1, 0.15) is 27.9 Å². The highest BCUT2D eigenvalue weighted by Gasteiger charge is 2.14. The largest absolute Gasteiger partial charge is 0.358 e. The second-order valence-electron chi connectivity index (χ2n) is 8.11. The lowest BCUT2D eigenvalue weighted by atomic mass is 10.1. The van der Waals surface area contributed by atoms with E-state index in [-0.39, 0.29) is 0 Å². The molecular weight excluding hydrogens is 400 g/mol. The van der Waals surface area contributed by atoms with Crippen LogP contribution in [0.4, 0.5) is 5.69 Å². The fourth-order valence-electron chi connectivity index (χ4n) is 4.12. The van der Waals surface area contributed by atoms with Crippen molar-refractivity contribution in [3.8, 4) is 0 Å². The van der Waals surface area contributed by atoms with Gasteiger partial charge in [0.15, 0.2) is 5.11 Å². The van der Waals surface area contributed by atoms with E-state index in [0.717, 1.165) is 29.3 Å². The average molecular weight is 429 g/mol. The number of nitrogens with zero attached hydrogens (tertiary/aromatic N) is 2. The summed E-state index contributed by atoms with van der Waals surface area (Å²) in [5, 5.41) is 5.47. The van der Waals surface area contributed by atoms with E-state index in [0.29, 0.717) is 6.54 Å². The molecule has 0 radical (unpaired) electrons. The van der Waals surface area contributed by atoms with Gasteiger partial charge in [-0.05, 0) is 85.9 Å². The summed E-state index contributed by atoms with van der Waals surface area (Å²) in [5.41, 5.74) is 8.36. The number of nitrogens with one attached hydrogen (secondary N) is 2. The first-order valence-corrected chi connectivity index (χ1v) is 11.0. The van der Waals surface area contributed by atoms with E-state index in [9.17, 15) is 0 Å². The summed E-state index contributed by atoms with van der Waals surface area (Å²) in [4.78, 5) is 10.0. The van der Waals surface area contributed by atoms with Crippen molar-refractivity contribution in [2.75, 3.05) is 11.9 Å². The highest BCUT2D eigenvalue weighted by molar-refractivity contribution is 7.80. The summed E-state index contributed by atoms with van der Waals surface area (Å²) in [5.74, 6) is 0. The van der Waals surface area contributed by atoms with Crippen LogP contribution in [0.5, 0.6) is 0 Å². The second kappa shape index (κ2) is 9.31. The zero-order valence-corrected chi connectivity index (χ0v) is 19.1. The van der Waals surface area contributed by atoms with Gasteiger partial charge in [0.1, 0.15) is 0 Å². The number of thiocarbonyl (C=S) groups is 1. The summed E-state index contributed by atoms with van der Waals surface area (Å²) in [6.07, 6.45) is 4.61. The molecule has 0 bridgehead atoms. The quantitative estimate of drug-likeness (QED) is 0.374. The molecule has 4 rings (SSSR count). The maximum absolute atomic E-state index is 5.85. The first-order valence-electron chi connectivity index (χ1n) is 10.6. The Morgan fingerprint density at radius 1 is 1.03 bits per heavy atom. The van der Waals surface area contributed by atoms with Gasteiger partial charge in [0.2, 0.25) is 0 Å². The Morgan fingerprint density at radius 2 is 1.81 bits per heavy atom. The fourth-order valence-corrected chi connectivity index (χ4v) is 4.39. The number of pyridine rings is 1. The predicted octanol–water partition coefficient (Wildman–Crippen LogP) is 5.93. The molecule has 4 nitrogen and oxygen atoms in total. The van der Waals surface area contributed by atoms with Gasteiger partial charge in [0.05, 0.1) is 0 Å². The van der Waals surface area contributed by atoms with E-state index in [1.165, 1.54) is 33.3 Å². The molecule has 0 aliphatic rings. The molecule has 31 heavy (non-hydrogen) atoms. The highest BCUT2D eigenvalue weighted by Crippen LogP contribution is 2.23. The van der Waals surface area contributed by atoms with E-state index in [1.54, 1.807) is 6.20 Å². The van der Waals surface area contributed by atoms with Gasteiger partial charge in [-0.15, -0.1) is 0 Å². The summed E-state index contributed by atoms with van der Waals surface area (Å²) in [6, 6.07) is 19.0. The molecule has 0 saturated carbocycles. The lowest BCUT2D eigenvalue weighted by Gasteiger charge is -2.26. The molecule has 0 spiro atoms. The van der Waals surface area contributed by atoms with E-state index >= 15 is 0 Å². The Bertz CT molecular complexity index is 1180. The molecule has 2 N–H and O–H groups in total. The van der Waals surface area contributed by atoms with Gasteiger partial charge in [-0.3, -0.25) is 4.98 Å². The SMILES string of the molecule is Cc1cc(C)cc(NC(=S)N(CCc2c(C)[nH]c3ccccc23)Cc2cccnc2)c1. The number of H-pyrrole nitrogens is 1. The second-order valence-corrected chi connectivity index (χ2v) is 8.50. The topological polar surface area (TPSA) is 44.0 Å². The number of benzene rings is 2. The molecule has 0 amide bonds. The number of aromatic amines is 1. The Kier molecular flexibility index (Phi) is 6.33. The first kappa shape index (κ1) is 21.1. The zero-order chi connectivity index (χ0) is 21.8. The molecule has 0 aliphatic carbocycles. The van der Waals surface area contributed by atoms with Crippen molar-refractivity contribution in [3.05, 3.63) is 94.9 Å². The van der Waals surface area contributed by atoms with Crippen molar-refractivity contribution in [1.29, 1.82) is 0 Å². The molecule has 4 aromatic rings. The van der Waals surface area contributed by atoms with Crippen LogP contribution in [-0.4, -0.2) is 26.5 Å². The highest BCUT2D eigenvalue weighted by atomic mass is 32.1. The van der Waals surface area contributed by atoms with Crippen LogP contribution in [0.25, 0.3) is 10.9 Å². The van der Waals surface area contributed by atoms with Crippen LogP contribution in [0.3, 0.4) is 0 Å². The van der Waals surface area contributed by atoms with Gasteiger partial charge in [0.25, 0.3) is 0 Å². The maximum atomic E-state index is 5.85. The van der Waals surface area contributed by atoms with Crippen LogP contribution in [0.15, 0.2) is 67.0 Å². The Labute approximate surface area is 189 Å². The van der Waals surface area contributed by atoms with E-state index in [4.69, 9.17) is 12.2 Å². The number of fused-ring (bicyclic) bond motifs is 1.